The fourth-order valence-corrected chi connectivity index (χ4v) is 3.85. The third-order valence-electron chi connectivity index (χ3n) is 5.80. The van der Waals surface area contributed by atoms with Crippen LogP contribution < -0.4 is 10.1 Å². The second kappa shape index (κ2) is 7.21. The minimum absolute atomic E-state index is 0.107. The second-order valence-electron chi connectivity index (χ2n) is 8.03. The maximum Gasteiger partial charge on any atom is 0.293 e. The van der Waals surface area contributed by atoms with Crippen LogP contribution in [0.25, 0.3) is 17.1 Å². The first kappa shape index (κ1) is 18.7. The molecule has 154 valence electrons. The lowest BCUT2D eigenvalue weighted by atomic mass is 10.1. The molecule has 0 atom stereocenters. The molecule has 1 saturated carbocycles. The molecule has 2 fully saturated rings. The third kappa shape index (κ3) is 3.43. The molecule has 0 bridgehead atoms. The summed E-state index contributed by atoms with van der Waals surface area (Å²) < 4.78 is 6.84. The van der Waals surface area contributed by atoms with E-state index in [4.69, 9.17) is 4.74 Å². The van der Waals surface area contributed by atoms with E-state index in [2.05, 4.69) is 20.4 Å². The van der Waals surface area contributed by atoms with E-state index in [-0.39, 0.29) is 17.3 Å². The maximum absolute atomic E-state index is 13.2. The molecule has 8 nitrogen and oxygen atoms in total. The number of hydrogen-bond donors (Lipinski definition) is 1. The summed E-state index contributed by atoms with van der Waals surface area (Å²) in [5.41, 5.74) is 2.87. The van der Waals surface area contributed by atoms with E-state index in [0.29, 0.717) is 24.8 Å². The van der Waals surface area contributed by atoms with Gasteiger partial charge in [0.05, 0.1) is 19.0 Å². The van der Waals surface area contributed by atoms with Crippen LogP contribution in [-0.4, -0.2) is 62.8 Å². The molecule has 1 saturated heterocycles. The van der Waals surface area contributed by atoms with E-state index in [1.807, 2.05) is 42.2 Å². The van der Waals surface area contributed by atoms with Crippen molar-refractivity contribution in [3.8, 4) is 23.0 Å². The average molecular weight is 404 g/mol. The van der Waals surface area contributed by atoms with Crippen molar-refractivity contribution < 1.29 is 9.53 Å². The number of benzene rings is 1. The molecule has 2 aromatic heterocycles. The summed E-state index contributed by atoms with van der Waals surface area (Å²) in [7, 11) is 1.58. The van der Waals surface area contributed by atoms with Gasteiger partial charge in [-0.3, -0.25) is 4.79 Å². The minimum atomic E-state index is -0.128. The Bertz CT molecular complexity index is 1070. The summed E-state index contributed by atoms with van der Waals surface area (Å²) in [4.78, 5) is 24.0. The highest BCUT2D eigenvalue weighted by Gasteiger charge is 2.47. The normalized spacial score (nSPS) is 17.2. The zero-order chi connectivity index (χ0) is 20.7. The fourth-order valence-electron chi connectivity index (χ4n) is 3.85. The molecule has 1 aromatic carbocycles. The number of methoxy groups -OCH3 is 1. The number of hydrogen-bond acceptors (Lipinski definition) is 6. The number of rotatable bonds is 4. The molecule has 1 N–H and O–H groups in total. The Kier molecular flexibility index (Phi) is 4.51. The lowest BCUT2D eigenvalue weighted by Gasteiger charge is -2.33. The van der Waals surface area contributed by atoms with Crippen LogP contribution in [0.4, 0.5) is 0 Å². The van der Waals surface area contributed by atoms with Gasteiger partial charge in [0.15, 0.2) is 5.82 Å². The van der Waals surface area contributed by atoms with Gasteiger partial charge in [0.2, 0.25) is 11.7 Å². The molecular weight excluding hydrogens is 380 g/mol. The summed E-state index contributed by atoms with van der Waals surface area (Å²) >= 11 is 0. The van der Waals surface area contributed by atoms with E-state index >= 15 is 0 Å². The fraction of sp³-hybridized carbons (Fsp3) is 0.364. The van der Waals surface area contributed by atoms with Crippen molar-refractivity contribution >= 4 is 5.91 Å². The van der Waals surface area contributed by atoms with Crippen LogP contribution in [0.3, 0.4) is 0 Å². The molecule has 1 aliphatic heterocycles. The Morgan fingerprint density at radius 2 is 1.97 bits per heavy atom. The van der Waals surface area contributed by atoms with Gasteiger partial charge in [-0.05, 0) is 25.8 Å². The van der Waals surface area contributed by atoms with Gasteiger partial charge in [-0.15, -0.1) is 5.10 Å². The topological polar surface area (TPSA) is 85.2 Å². The van der Waals surface area contributed by atoms with E-state index in [1.165, 1.54) is 0 Å². The second-order valence-corrected chi connectivity index (χ2v) is 8.03. The summed E-state index contributed by atoms with van der Waals surface area (Å²) in [5.74, 6) is 1.21. The van der Waals surface area contributed by atoms with E-state index < -0.39 is 0 Å². The first-order valence-electron chi connectivity index (χ1n) is 10.2. The van der Waals surface area contributed by atoms with Crippen LogP contribution in [0.15, 0.2) is 42.6 Å². The summed E-state index contributed by atoms with van der Waals surface area (Å²) in [6.45, 7) is 4.22. The van der Waals surface area contributed by atoms with Gasteiger partial charge in [-0.2, -0.15) is 0 Å². The van der Waals surface area contributed by atoms with Crippen LogP contribution in [0.5, 0.6) is 5.88 Å². The zero-order valence-electron chi connectivity index (χ0n) is 17.1. The number of aromatic nitrogens is 4. The van der Waals surface area contributed by atoms with Crippen molar-refractivity contribution in [2.24, 2.45) is 0 Å². The molecule has 0 unspecified atom stereocenters. The summed E-state index contributed by atoms with van der Waals surface area (Å²) in [6, 6.07) is 11.7. The number of piperazine rings is 1. The number of carbonyl (C=O) groups is 1. The van der Waals surface area contributed by atoms with Crippen LogP contribution >= 0.6 is 0 Å². The van der Waals surface area contributed by atoms with E-state index in [0.717, 1.165) is 36.2 Å². The highest BCUT2D eigenvalue weighted by molar-refractivity contribution is 5.91. The molecule has 1 amide bonds. The Balaban J connectivity index is 1.53. The molecule has 5 rings (SSSR count). The van der Waals surface area contributed by atoms with Crippen LogP contribution in [0.1, 0.15) is 29.0 Å². The maximum atomic E-state index is 13.2. The van der Waals surface area contributed by atoms with Gasteiger partial charge < -0.3 is 15.0 Å². The Morgan fingerprint density at radius 3 is 2.63 bits per heavy atom. The molecule has 3 aromatic rings. The largest absolute Gasteiger partial charge is 0.481 e. The van der Waals surface area contributed by atoms with Gasteiger partial charge in [0.1, 0.15) is 0 Å². The predicted molar refractivity (Wildman–Crippen MR) is 112 cm³/mol. The van der Waals surface area contributed by atoms with E-state index in [9.17, 15) is 4.79 Å². The van der Waals surface area contributed by atoms with Gasteiger partial charge in [0, 0.05) is 36.8 Å². The number of nitrogens with one attached hydrogen (secondary N) is 1. The number of nitrogens with zero attached hydrogens (tertiary/aromatic N) is 5. The van der Waals surface area contributed by atoms with Crippen molar-refractivity contribution in [2.45, 2.75) is 25.3 Å². The molecule has 3 heterocycles. The van der Waals surface area contributed by atoms with Crippen molar-refractivity contribution in [3.05, 3.63) is 54.0 Å². The van der Waals surface area contributed by atoms with Gasteiger partial charge >= 0.3 is 0 Å². The van der Waals surface area contributed by atoms with Gasteiger partial charge in [0.25, 0.3) is 5.91 Å². The SMILES string of the molecule is COc1ccc(-n2nc(C(=O)N3CCNC4(CC4)C3)nc2-c2ccc(C)cc2)cn1. The molecule has 1 aliphatic carbocycles. The molecular formula is C22H24N6O2. The van der Waals surface area contributed by atoms with Gasteiger partial charge in [-0.25, -0.2) is 14.6 Å². The molecule has 1 spiro atoms. The lowest BCUT2D eigenvalue weighted by Crippen LogP contribution is -2.54. The third-order valence-corrected chi connectivity index (χ3v) is 5.80. The number of pyridine rings is 1. The van der Waals surface area contributed by atoms with Crippen molar-refractivity contribution in [3.63, 3.8) is 0 Å². The number of amides is 1. The first-order chi connectivity index (χ1) is 14.6. The summed E-state index contributed by atoms with van der Waals surface area (Å²) in [5, 5.41) is 8.12. The molecule has 0 radical (unpaired) electrons. The van der Waals surface area contributed by atoms with Crippen LogP contribution in [0, 0.1) is 6.92 Å². The highest BCUT2D eigenvalue weighted by Crippen LogP contribution is 2.37. The van der Waals surface area contributed by atoms with Crippen molar-refractivity contribution in [1.29, 1.82) is 0 Å². The highest BCUT2D eigenvalue weighted by atomic mass is 16.5. The standard InChI is InChI=1S/C22H24N6O2/c1-15-3-5-16(6-4-15)20-25-19(21(29)27-12-11-24-22(14-27)9-10-22)26-28(20)17-7-8-18(30-2)23-13-17/h3-8,13,24H,9-12,14H2,1-2H3. The lowest BCUT2D eigenvalue weighted by molar-refractivity contribution is 0.0679. The Morgan fingerprint density at radius 1 is 1.17 bits per heavy atom. The quantitative estimate of drug-likeness (QED) is 0.718. The smallest absolute Gasteiger partial charge is 0.293 e. The Labute approximate surface area is 174 Å². The van der Waals surface area contributed by atoms with Gasteiger partial charge in [-0.1, -0.05) is 29.8 Å². The minimum Gasteiger partial charge on any atom is -0.481 e. The first-order valence-corrected chi connectivity index (χ1v) is 10.2. The van der Waals surface area contributed by atoms with Crippen molar-refractivity contribution in [2.75, 3.05) is 26.7 Å². The molecule has 2 aliphatic rings. The summed E-state index contributed by atoms with van der Waals surface area (Å²) in [6.07, 6.45) is 3.90. The molecule has 8 heteroatoms. The average Bonchev–Trinajstić information content (AvgIpc) is 3.36. The van der Waals surface area contributed by atoms with E-state index in [1.54, 1.807) is 24.1 Å². The Hall–Kier alpha value is -3.26. The number of ether oxygens (including phenoxy) is 1. The van der Waals surface area contributed by atoms with Crippen LogP contribution in [0.2, 0.25) is 0 Å². The number of carbonyl (C=O) groups excluding carboxylic acids is 1. The monoisotopic (exact) mass is 404 g/mol. The van der Waals surface area contributed by atoms with Crippen LogP contribution in [-0.2, 0) is 0 Å². The predicted octanol–water partition coefficient (Wildman–Crippen LogP) is 2.22. The number of aryl methyl sites for hydroxylation is 1. The zero-order valence-corrected chi connectivity index (χ0v) is 17.1. The molecule has 30 heavy (non-hydrogen) atoms. The van der Waals surface area contributed by atoms with Crippen molar-refractivity contribution in [1.82, 2.24) is 30.0 Å².